The molecule has 1 unspecified atom stereocenters. The molecule has 0 saturated carbocycles. The third-order valence-corrected chi connectivity index (χ3v) is 3.12. The van der Waals surface area contributed by atoms with Crippen LogP contribution in [0.25, 0.3) is 0 Å². The van der Waals surface area contributed by atoms with E-state index < -0.39 is 22.9 Å². The maximum Gasteiger partial charge on any atom is 0.380 e. The number of esters is 1. The summed E-state index contributed by atoms with van der Waals surface area (Å²) in [5.74, 6) is -5.58. The maximum absolute atomic E-state index is 13.8. The SMILES string of the molecule is CCOC(=O)C(F)(F)C1(O)CNCC1(C)C. The van der Waals surface area contributed by atoms with E-state index in [1.54, 1.807) is 0 Å². The summed E-state index contributed by atoms with van der Waals surface area (Å²) in [5.41, 5.74) is -3.50. The molecule has 16 heavy (non-hydrogen) atoms. The predicted octanol–water partition coefficient (Wildman–Crippen LogP) is 0.545. The predicted molar refractivity (Wildman–Crippen MR) is 53.2 cm³/mol. The van der Waals surface area contributed by atoms with Gasteiger partial charge in [-0.15, -0.1) is 0 Å². The highest BCUT2D eigenvalue weighted by molar-refractivity contribution is 5.79. The van der Waals surface area contributed by atoms with Crippen LogP contribution in [-0.4, -0.2) is 42.3 Å². The van der Waals surface area contributed by atoms with Crippen molar-refractivity contribution in [3.8, 4) is 0 Å². The fourth-order valence-electron chi connectivity index (χ4n) is 1.87. The van der Waals surface area contributed by atoms with Gasteiger partial charge in [-0.2, -0.15) is 8.78 Å². The van der Waals surface area contributed by atoms with Gasteiger partial charge in [-0.25, -0.2) is 4.79 Å². The van der Waals surface area contributed by atoms with Gasteiger partial charge < -0.3 is 15.2 Å². The molecule has 6 heteroatoms. The van der Waals surface area contributed by atoms with Crippen LogP contribution in [0.15, 0.2) is 0 Å². The number of hydrogen-bond donors (Lipinski definition) is 2. The quantitative estimate of drug-likeness (QED) is 0.704. The van der Waals surface area contributed by atoms with E-state index in [0.717, 1.165) is 0 Å². The summed E-state index contributed by atoms with van der Waals surface area (Å²) < 4.78 is 32.0. The molecular formula is C10H17F2NO3. The molecular weight excluding hydrogens is 220 g/mol. The van der Waals surface area contributed by atoms with Crippen molar-refractivity contribution < 1.29 is 23.4 Å². The number of aliphatic hydroxyl groups is 1. The summed E-state index contributed by atoms with van der Waals surface area (Å²) >= 11 is 0. The molecule has 1 rings (SSSR count). The first-order valence-electron chi connectivity index (χ1n) is 5.17. The average Bonchev–Trinajstić information content (AvgIpc) is 2.43. The average molecular weight is 237 g/mol. The summed E-state index contributed by atoms with van der Waals surface area (Å²) in [7, 11) is 0. The number of rotatable bonds is 3. The van der Waals surface area contributed by atoms with Crippen LogP contribution >= 0.6 is 0 Å². The number of halogens is 2. The van der Waals surface area contributed by atoms with Crippen molar-refractivity contribution in [3.05, 3.63) is 0 Å². The lowest BCUT2D eigenvalue weighted by Crippen LogP contribution is -2.62. The molecule has 1 heterocycles. The Balaban J connectivity index is 3.02. The Hall–Kier alpha value is -0.750. The lowest BCUT2D eigenvalue weighted by Gasteiger charge is -2.39. The third kappa shape index (κ3) is 1.69. The van der Waals surface area contributed by atoms with E-state index in [9.17, 15) is 18.7 Å². The Morgan fingerprint density at radius 1 is 1.50 bits per heavy atom. The van der Waals surface area contributed by atoms with E-state index in [-0.39, 0.29) is 19.7 Å². The second-order valence-corrected chi connectivity index (χ2v) is 4.64. The lowest BCUT2D eigenvalue weighted by atomic mass is 9.73. The van der Waals surface area contributed by atoms with Crippen LogP contribution in [0.5, 0.6) is 0 Å². The molecule has 0 radical (unpaired) electrons. The first kappa shape index (κ1) is 13.3. The van der Waals surface area contributed by atoms with Crippen LogP contribution in [0.2, 0.25) is 0 Å². The fourth-order valence-corrected chi connectivity index (χ4v) is 1.87. The molecule has 0 bridgehead atoms. The van der Waals surface area contributed by atoms with Crippen LogP contribution in [0.3, 0.4) is 0 Å². The van der Waals surface area contributed by atoms with Crippen molar-refractivity contribution in [2.75, 3.05) is 19.7 Å². The Morgan fingerprint density at radius 3 is 2.44 bits per heavy atom. The van der Waals surface area contributed by atoms with E-state index >= 15 is 0 Å². The lowest BCUT2D eigenvalue weighted by molar-refractivity contribution is -0.229. The largest absolute Gasteiger partial charge is 0.461 e. The minimum atomic E-state index is -3.91. The van der Waals surface area contributed by atoms with Crippen LogP contribution in [0.4, 0.5) is 8.78 Å². The van der Waals surface area contributed by atoms with Gasteiger partial charge in [0.25, 0.3) is 0 Å². The molecule has 0 amide bonds. The van der Waals surface area contributed by atoms with Crippen LogP contribution in [-0.2, 0) is 9.53 Å². The highest BCUT2D eigenvalue weighted by Gasteiger charge is 2.68. The second-order valence-electron chi connectivity index (χ2n) is 4.64. The Kier molecular flexibility index (Phi) is 3.27. The van der Waals surface area contributed by atoms with Crippen molar-refractivity contribution in [1.82, 2.24) is 5.32 Å². The third-order valence-electron chi connectivity index (χ3n) is 3.12. The van der Waals surface area contributed by atoms with Gasteiger partial charge >= 0.3 is 11.9 Å². The number of β-amino-alcohol motifs (C(OH)–C–C–N with tert-alkyl or cyclic N) is 1. The van der Waals surface area contributed by atoms with Gasteiger partial charge in [0.15, 0.2) is 5.60 Å². The minimum absolute atomic E-state index is 0.141. The highest BCUT2D eigenvalue weighted by atomic mass is 19.3. The second kappa shape index (κ2) is 3.92. The molecule has 1 fully saturated rings. The van der Waals surface area contributed by atoms with Gasteiger partial charge in [-0.05, 0) is 6.92 Å². The standard InChI is InChI=1S/C10H17F2NO3/c1-4-16-7(14)10(11,12)9(15)6-13-5-8(9,2)3/h13,15H,4-6H2,1-3H3. The zero-order valence-electron chi connectivity index (χ0n) is 9.64. The van der Waals surface area contributed by atoms with Crippen molar-refractivity contribution in [1.29, 1.82) is 0 Å². The van der Waals surface area contributed by atoms with E-state index in [4.69, 9.17) is 0 Å². The topological polar surface area (TPSA) is 58.6 Å². The monoisotopic (exact) mass is 237 g/mol. The van der Waals surface area contributed by atoms with E-state index in [2.05, 4.69) is 10.1 Å². The van der Waals surface area contributed by atoms with Crippen molar-refractivity contribution in [2.45, 2.75) is 32.3 Å². The van der Waals surface area contributed by atoms with Gasteiger partial charge in [-0.3, -0.25) is 0 Å². The smallest absolute Gasteiger partial charge is 0.380 e. The molecule has 1 saturated heterocycles. The number of carbonyl (C=O) groups is 1. The van der Waals surface area contributed by atoms with Gasteiger partial charge in [0.2, 0.25) is 0 Å². The fraction of sp³-hybridized carbons (Fsp3) is 0.900. The molecule has 0 spiro atoms. The first-order valence-corrected chi connectivity index (χ1v) is 5.17. The normalized spacial score (nSPS) is 29.1. The molecule has 0 aromatic carbocycles. The molecule has 0 aromatic rings. The molecule has 94 valence electrons. The number of hydrogen-bond acceptors (Lipinski definition) is 4. The molecule has 2 N–H and O–H groups in total. The first-order chi connectivity index (χ1) is 7.19. The molecule has 1 aliphatic heterocycles. The zero-order chi connectivity index (χ0) is 12.6. The Bertz CT molecular complexity index is 294. The molecule has 1 aliphatic rings. The van der Waals surface area contributed by atoms with E-state index in [1.165, 1.54) is 20.8 Å². The van der Waals surface area contributed by atoms with Crippen LogP contribution in [0, 0.1) is 5.41 Å². The molecule has 0 aliphatic carbocycles. The van der Waals surface area contributed by atoms with Crippen LogP contribution in [0.1, 0.15) is 20.8 Å². The zero-order valence-corrected chi connectivity index (χ0v) is 9.64. The molecule has 4 nitrogen and oxygen atoms in total. The summed E-state index contributed by atoms with van der Waals surface area (Å²) in [6.07, 6.45) is 0. The van der Waals surface area contributed by atoms with Crippen LogP contribution < -0.4 is 5.32 Å². The van der Waals surface area contributed by atoms with Gasteiger partial charge in [0.1, 0.15) is 0 Å². The van der Waals surface area contributed by atoms with E-state index in [0.29, 0.717) is 0 Å². The van der Waals surface area contributed by atoms with Gasteiger partial charge in [-0.1, -0.05) is 13.8 Å². The number of carbonyl (C=O) groups excluding carboxylic acids is 1. The Labute approximate surface area is 93.0 Å². The summed E-state index contributed by atoms with van der Waals surface area (Å²) in [6.45, 7) is 4.17. The van der Waals surface area contributed by atoms with Crippen molar-refractivity contribution in [2.24, 2.45) is 5.41 Å². The summed E-state index contributed by atoms with van der Waals surface area (Å²) in [4.78, 5) is 11.2. The van der Waals surface area contributed by atoms with Crippen molar-refractivity contribution in [3.63, 3.8) is 0 Å². The summed E-state index contributed by atoms with van der Waals surface area (Å²) in [5, 5.41) is 12.7. The maximum atomic E-state index is 13.8. The van der Waals surface area contributed by atoms with Crippen molar-refractivity contribution >= 4 is 5.97 Å². The number of alkyl halides is 2. The van der Waals surface area contributed by atoms with Gasteiger partial charge in [0, 0.05) is 18.5 Å². The Morgan fingerprint density at radius 2 is 2.06 bits per heavy atom. The number of nitrogens with one attached hydrogen (secondary N) is 1. The minimum Gasteiger partial charge on any atom is -0.461 e. The molecule has 0 aromatic heterocycles. The highest BCUT2D eigenvalue weighted by Crippen LogP contribution is 2.45. The number of ether oxygens (including phenoxy) is 1. The van der Waals surface area contributed by atoms with E-state index in [1.807, 2.05) is 0 Å². The van der Waals surface area contributed by atoms with Gasteiger partial charge in [0.05, 0.1) is 6.61 Å². The summed E-state index contributed by atoms with van der Waals surface area (Å²) in [6, 6.07) is 0. The molecule has 1 atom stereocenters.